The molecular weight excluding hydrogens is 339 g/mol. The van der Waals surface area contributed by atoms with E-state index in [0.29, 0.717) is 11.3 Å². The molecule has 0 spiro atoms. The lowest BCUT2D eigenvalue weighted by Crippen LogP contribution is -2.51. The molecule has 2 heterocycles. The second kappa shape index (κ2) is 6.77. The first-order valence-corrected chi connectivity index (χ1v) is 7.83. The Balaban J connectivity index is 1.86. The number of likely N-dealkylation sites (tertiary alicyclic amines) is 1. The van der Waals surface area contributed by atoms with Gasteiger partial charge in [-0.3, -0.25) is 24.1 Å². The number of rotatable bonds is 4. The fourth-order valence-electron chi connectivity index (χ4n) is 2.45. The van der Waals surface area contributed by atoms with Crippen LogP contribution in [0.15, 0.2) is 0 Å². The summed E-state index contributed by atoms with van der Waals surface area (Å²) in [4.78, 5) is 47.4. The third kappa shape index (κ3) is 3.95. The quantitative estimate of drug-likeness (QED) is 0.788. The van der Waals surface area contributed by atoms with Gasteiger partial charge >= 0.3 is 12.1 Å². The van der Waals surface area contributed by atoms with Gasteiger partial charge in [0.25, 0.3) is 5.24 Å². The van der Waals surface area contributed by atoms with Crippen LogP contribution in [0.1, 0.15) is 12.8 Å². The van der Waals surface area contributed by atoms with E-state index in [9.17, 15) is 32.3 Å². The standard InChI is InChI=1S/C12H14F3N3O4S/c13-12(14,15)10(21)17-4-1-2-7(17)9(20)16-3-5-18-8(19)6-23-11(18)22/h7H,1-6H2,(H,16,20). The minimum absolute atomic E-state index is 0.0449. The molecule has 128 valence electrons. The number of amides is 4. The van der Waals surface area contributed by atoms with Crippen LogP contribution in [-0.2, 0) is 14.4 Å². The van der Waals surface area contributed by atoms with E-state index in [1.807, 2.05) is 0 Å². The Hall–Kier alpha value is -1.78. The number of imide groups is 1. The first-order valence-electron chi connectivity index (χ1n) is 6.84. The van der Waals surface area contributed by atoms with Crippen LogP contribution >= 0.6 is 11.8 Å². The fraction of sp³-hybridized carbons (Fsp3) is 0.667. The molecule has 0 aromatic carbocycles. The van der Waals surface area contributed by atoms with E-state index in [1.54, 1.807) is 0 Å². The molecule has 2 aliphatic heterocycles. The maximum atomic E-state index is 12.5. The van der Waals surface area contributed by atoms with E-state index in [2.05, 4.69) is 5.32 Å². The van der Waals surface area contributed by atoms with Crippen LogP contribution in [0.25, 0.3) is 0 Å². The minimum atomic E-state index is -5.02. The zero-order valence-electron chi connectivity index (χ0n) is 11.9. The highest BCUT2D eigenvalue weighted by Gasteiger charge is 2.47. The molecule has 4 amide bonds. The smallest absolute Gasteiger partial charge is 0.353 e. The van der Waals surface area contributed by atoms with Gasteiger partial charge in [-0.1, -0.05) is 11.8 Å². The summed E-state index contributed by atoms with van der Waals surface area (Å²) in [5, 5.41) is 1.96. The predicted octanol–water partition coefficient (Wildman–Crippen LogP) is 0.351. The molecule has 0 bridgehead atoms. The van der Waals surface area contributed by atoms with Crippen molar-refractivity contribution in [2.75, 3.05) is 25.4 Å². The third-order valence-corrected chi connectivity index (χ3v) is 4.39. The highest BCUT2D eigenvalue weighted by molar-refractivity contribution is 8.14. The Morgan fingerprint density at radius 2 is 2.00 bits per heavy atom. The number of halogens is 3. The van der Waals surface area contributed by atoms with Gasteiger partial charge in [0.1, 0.15) is 6.04 Å². The zero-order valence-corrected chi connectivity index (χ0v) is 12.7. The van der Waals surface area contributed by atoms with Crippen LogP contribution in [0.5, 0.6) is 0 Å². The molecule has 1 N–H and O–H groups in total. The van der Waals surface area contributed by atoms with Gasteiger partial charge in [-0.05, 0) is 12.8 Å². The highest BCUT2D eigenvalue weighted by atomic mass is 32.2. The normalized spacial score (nSPS) is 22.0. The lowest BCUT2D eigenvalue weighted by Gasteiger charge is -2.25. The van der Waals surface area contributed by atoms with Gasteiger partial charge in [0.05, 0.1) is 5.75 Å². The highest BCUT2D eigenvalue weighted by Crippen LogP contribution is 2.25. The molecule has 1 unspecified atom stereocenters. The first-order chi connectivity index (χ1) is 10.7. The largest absolute Gasteiger partial charge is 0.471 e. The summed E-state index contributed by atoms with van der Waals surface area (Å²) in [6.07, 6.45) is -4.57. The summed E-state index contributed by atoms with van der Waals surface area (Å²) in [7, 11) is 0. The number of thioether (sulfide) groups is 1. The van der Waals surface area contributed by atoms with Crippen LogP contribution in [-0.4, -0.2) is 70.4 Å². The Morgan fingerprint density at radius 1 is 1.30 bits per heavy atom. The van der Waals surface area contributed by atoms with E-state index >= 15 is 0 Å². The third-order valence-electron chi connectivity index (χ3n) is 3.53. The molecule has 2 rings (SSSR count). The number of nitrogens with zero attached hydrogens (tertiary/aromatic N) is 2. The van der Waals surface area contributed by atoms with Crippen LogP contribution in [0, 0.1) is 0 Å². The second-order valence-corrected chi connectivity index (χ2v) is 5.97. The Morgan fingerprint density at radius 3 is 2.57 bits per heavy atom. The number of alkyl halides is 3. The zero-order chi connectivity index (χ0) is 17.2. The van der Waals surface area contributed by atoms with E-state index in [-0.39, 0.29) is 37.7 Å². The fourth-order valence-corrected chi connectivity index (χ4v) is 3.20. The number of hydrogen-bond acceptors (Lipinski definition) is 5. The van der Waals surface area contributed by atoms with Crippen molar-refractivity contribution in [3.63, 3.8) is 0 Å². The molecule has 2 aliphatic rings. The van der Waals surface area contributed by atoms with E-state index in [1.165, 1.54) is 0 Å². The van der Waals surface area contributed by atoms with Crippen LogP contribution in [0.2, 0.25) is 0 Å². The van der Waals surface area contributed by atoms with E-state index in [4.69, 9.17) is 0 Å². The first kappa shape index (κ1) is 17.6. The lowest BCUT2D eigenvalue weighted by atomic mass is 10.2. The summed E-state index contributed by atoms with van der Waals surface area (Å²) in [6.45, 7) is -0.242. The molecule has 23 heavy (non-hydrogen) atoms. The summed E-state index contributed by atoms with van der Waals surface area (Å²) in [5.74, 6) is -3.07. The number of hydrogen-bond donors (Lipinski definition) is 1. The molecule has 0 aromatic rings. The summed E-state index contributed by atoms with van der Waals surface area (Å²) in [5.41, 5.74) is 0. The van der Waals surface area contributed by atoms with Crippen LogP contribution in [0.4, 0.5) is 18.0 Å². The molecule has 2 fully saturated rings. The van der Waals surface area contributed by atoms with Crippen molar-refractivity contribution < 1.29 is 32.3 Å². The van der Waals surface area contributed by atoms with Crippen molar-refractivity contribution in [2.24, 2.45) is 0 Å². The van der Waals surface area contributed by atoms with Crippen molar-refractivity contribution in [1.82, 2.24) is 15.1 Å². The van der Waals surface area contributed by atoms with Crippen molar-refractivity contribution in [3.05, 3.63) is 0 Å². The second-order valence-electron chi connectivity index (χ2n) is 5.05. The van der Waals surface area contributed by atoms with Gasteiger partial charge in [-0.25, -0.2) is 0 Å². The topological polar surface area (TPSA) is 86.8 Å². The molecule has 11 heteroatoms. The monoisotopic (exact) mass is 353 g/mol. The molecule has 0 aliphatic carbocycles. The molecule has 0 radical (unpaired) electrons. The Labute approximate surface area is 133 Å². The maximum Gasteiger partial charge on any atom is 0.471 e. The van der Waals surface area contributed by atoms with Crippen molar-refractivity contribution in [1.29, 1.82) is 0 Å². The predicted molar refractivity (Wildman–Crippen MR) is 73.4 cm³/mol. The number of carbonyl (C=O) groups excluding carboxylic acids is 4. The molecule has 1 atom stereocenters. The number of carbonyl (C=O) groups is 4. The van der Waals surface area contributed by atoms with Crippen LogP contribution in [0.3, 0.4) is 0 Å². The molecule has 0 saturated carbocycles. The average molecular weight is 353 g/mol. The summed E-state index contributed by atoms with van der Waals surface area (Å²) in [6, 6.07) is -1.18. The Bertz CT molecular complexity index is 524. The van der Waals surface area contributed by atoms with Crippen LogP contribution < -0.4 is 5.32 Å². The summed E-state index contributed by atoms with van der Waals surface area (Å²) < 4.78 is 37.4. The lowest BCUT2D eigenvalue weighted by molar-refractivity contribution is -0.186. The van der Waals surface area contributed by atoms with Gasteiger partial charge in [0.15, 0.2) is 0 Å². The maximum absolute atomic E-state index is 12.5. The van der Waals surface area contributed by atoms with E-state index in [0.717, 1.165) is 16.7 Å². The van der Waals surface area contributed by atoms with Gasteiger partial charge in [0.2, 0.25) is 11.8 Å². The average Bonchev–Trinajstić information content (AvgIpc) is 3.06. The molecule has 7 nitrogen and oxygen atoms in total. The van der Waals surface area contributed by atoms with Gasteiger partial charge in [-0.2, -0.15) is 13.2 Å². The van der Waals surface area contributed by atoms with Crippen molar-refractivity contribution >= 4 is 34.7 Å². The van der Waals surface area contributed by atoms with Gasteiger partial charge < -0.3 is 10.2 Å². The molecular formula is C12H14F3N3O4S. The minimum Gasteiger partial charge on any atom is -0.353 e. The Kier molecular flexibility index (Phi) is 5.17. The molecule has 0 aromatic heterocycles. The SMILES string of the molecule is O=C(NCCN1C(=O)CSC1=O)C1CCCN1C(=O)C(F)(F)F. The van der Waals surface area contributed by atoms with Crippen molar-refractivity contribution in [3.8, 4) is 0 Å². The number of nitrogens with one attached hydrogen (secondary N) is 1. The van der Waals surface area contributed by atoms with E-state index < -0.39 is 29.3 Å². The van der Waals surface area contributed by atoms with Gasteiger partial charge in [-0.15, -0.1) is 0 Å². The van der Waals surface area contributed by atoms with Gasteiger partial charge in [0, 0.05) is 19.6 Å². The van der Waals surface area contributed by atoms with Crippen molar-refractivity contribution in [2.45, 2.75) is 25.1 Å². The molecule has 2 saturated heterocycles. The summed E-state index contributed by atoms with van der Waals surface area (Å²) >= 11 is 0.852.